The molecule has 0 radical (unpaired) electrons. The molecule has 4 aromatic rings. The van der Waals surface area contributed by atoms with Crippen molar-refractivity contribution in [1.29, 1.82) is 5.26 Å². The number of fused-ring (bicyclic) bond motifs is 1. The molecule has 150 valence electrons. The molecule has 1 unspecified atom stereocenters. The summed E-state index contributed by atoms with van der Waals surface area (Å²) in [5, 5.41) is 14.2. The first kappa shape index (κ1) is 20.1. The van der Waals surface area contributed by atoms with Crippen LogP contribution in [0.1, 0.15) is 27.7 Å². The lowest BCUT2D eigenvalue weighted by atomic mass is 10.0. The molecule has 30 heavy (non-hydrogen) atoms. The van der Waals surface area contributed by atoms with E-state index in [2.05, 4.69) is 16.0 Å². The average Bonchev–Trinajstić information content (AvgIpc) is 3.34. The number of benzene rings is 1. The highest BCUT2D eigenvalue weighted by molar-refractivity contribution is 7.17. The Morgan fingerprint density at radius 2 is 2.00 bits per heavy atom. The van der Waals surface area contributed by atoms with Crippen LogP contribution in [0.4, 0.5) is 0 Å². The van der Waals surface area contributed by atoms with Crippen molar-refractivity contribution >= 4 is 38.7 Å². The van der Waals surface area contributed by atoms with Crippen molar-refractivity contribution in [3.05, 3.63) is 67.5 Å². The zero-order chi connectivity index (χ0) is 21.4. The number of hydrogen-bond acceptors (Lipinski definition) is 7. The SMILES string of the molecule is Cc1csc(C(C#N)C(=O)Cn2cnc3scc(-c4ccc(C)c(C)c4)c3c2=O)n1. The molecular weight excluding hydrogens is 416 g/mol. The summed E-state index contributed by atoms with van der Waals surface area (Å²) in [7, 11) is 0. The molecule has 3 aromatic heterocycles. The number of ketones is 1. The number of rotatable bonds is 5. The average molecular weight is 435 g/mol. The molecular formula is C22H18N4O2S2. The fourth-order valence-electron chi connectivity index (χ4n) is 3.23. The van der Waals surface area contributed by atoms with Crippen LogP contribution in [0.15, 0.2) is 40.1 Å². The maximum atomic E-state index is 13.2. The Balaban J connectivity index is 1.73. The molecule has 0 saturated heterocycles. The molecule has 0 aliphatic carbocycles. The number of aryl methyl sites for hydroxylation is 3. The summed E-state index contributed by atoms with van der Waals surface area (Å²) < 4.78 is 1.28. The predicted octanol–water partition coefficient (Wildman–Crippen LogP) is 4.38. The number of thiophene rings is 1. The molecule has 1 atom stereocenters. The van der Waals surface area contributed by atoms with Crippen molar-refractivity contribution in [2.45, 2.75) is 33.2 Å². The van der Waals surface area contributed by atoms with Crippen LogP contribution in [0.5, 0.6) is 0 Å². The molecule has 6 nitrogen and oxygen atoms in total. The molecule has 0 aliphatic rings. The van der Waals surface area contributed by atoms with E-state index in [9.17, 15) is 14.9 Å². The Kier molecular flexibility index (Phi) is 5.33. The third-order valence-corrected chi connectivity index (χ3v) is 6.95. The molecule has 0 saturated carbocycles. The number of Topliss-reactive ketones (excluding diaryl/α,β-unsaturated/α-hetero) is 1. The van der Waals surface area contributed by atoms with Gasteiger partial charge in [0.25, 0.3) is 5.56 Å². The quantitative estimate of drug-likeness (QED) is 0.465. The lowest BCUT2D eigenvalue weighted by Gasteiger charge is -2.09. The highest BCUT2D eigenvalue weighted by atomic mass is 32.1. The van der Waals surface area contributed by atoms with E-state index in [1.165, 1.54) is 39.1 Å². The second kappa shape index (κ2) is 7.94. The van der Waals surface area contributed by atoms with Crippen LogP contribution < -0.4 is 5.56 Å². The minimum absolute atomic E-state index is 0.221. The van der Waals surface area contributed by atoms with E-state index >= 15 is 0 Å². The second-order valence-electron chi connectivity index (χ2n) is 7.16. The minimum atomic E-state index is -0.993. The van der Waals surface area contributed by atoms with Crippen molar-refractivity contribution in [2.24, 2.45) is 0 Å². The van der Waals surface area contributed by atoms with Gasteiger partial charge in [-0.2, -0.15) is 5.26 Å². The summed E-state index contributed by atoms with van der Waals surface area (Å²) in [4.78, 5) is 35.2. The van der Waals surface area contributed by atoms with Crippen LogP contribution >= 0.6 is 22.7 Å². The van der Waals surface area contributed by atoms with Crippen molar-refractivity contribution in [3.63, 3.8) is 0 Å². The van der Waals surface area contributed by atoms with Crippen LogP contribution in [0.3, 0.4) is 0 Å². The first-order chi connectivity index (χ1) is 14.4. The number of carbonyl (C=O) groups is 1. The Labute approximate surface area is 181 Å². The minimum Gasteiger partial charge on any atom is -0.296 e. The maximum Gasteiger partial charge on any atom is 0.263 e. The summed E-state index contributed by atoms with van der Waals surface area (Å²) in [5.74, 6) is -1.37. The van der Waals surface area contributed by atoms with Gasteiger partial charge in [0, 0.05) is 22.0 Å². The van der Waals surface area contributed by atoms with E-state index in [0.29, 0.717) is 15.2 Å². The fraction of sp³-hybridized carbons (Fsp3) is 0.227. The van der Waals surface area contributed by atoms with E-state index < -0.39 is 5.92 Å². The van der Waals surface area contributed by atoms with Crippen LogP contribution in [0.25, 0.3) is 21.3 Å². The van der Waals surface area contributed by atoms with Gasteiger partial charge in [0.2, 0.25) is 0 Å². The van der Waals surface area contributed by atoms with Gasteiger partial charge in [-0.15, -0.1) is 22.7 Å². The number of hydrogen-bond donors (Lipinski definition) is 0. The number of aromatic nitrogens is 3. The molecule has 1 aromatic carbocycles. The largest absolute Gasteiger partial charge is 0.296 e. The number of nitriles is 1. The smallest absolute Gasteiger partial charge is 0.263 e. The lowest BCUT2D eigenvalue weighted by Crippen LogP contribution is -2.27. The highest BCUT2D eigenvalue weighted by Gasteiger charge is 2.24. The maximum absolute atomic E-state index is 13.2. The standard InChI is InChI=1S/C22H18N4O2S2/c1-12-4-5-15(6-13(12)2)17-10-30-21-19(17)22(28)26(11-24-21)8-18(27)16(7-23)20-25-14(3)9-29-20/h4-6,9-11,16H,8H2,1-3H3. The Hall–Kier alpha value is -3.15. The number of nitrogens with zero attached hydrogens (tertiary/aromatic N) is 4. The molecule has 0 fully saturated rings. The van der Waals surface area contributed by atoms with Gasteiger partial charge in [-0.05, 0) is 37.5 Å². The molecule has 0 spiro atoms. The van der Waals surface area contributed by atoms with E-state index in [1.807, 2.05) is 44.4 Å². The normalized spacial score (nSPS) is 12.1. The summed E-state index contributed by atoms with van der Waals surface area (Å²) in [6, 6.07) is 8.08. The van der Waals surface area contributed by atoms with Crippen LogP contribution in [-0.4, -0.2) is 20.3 Å². The van der Waals surface area contributed by atoms with Gasteiger partial charge in [-0.25, -0.2) is 9.97 Å². The topological polar surface area (TPSA) is 88.6 Å². The van der Waals surface area contributed by atoms with Gasteiger partial charge in [-0.3, -0.25) is 14.2 Å². The highest BCUT2D eigenvalue weighted by Crippen LogP contribution is 2.31. The van der Waals surface area contributed by atoms with E-state index in [1.54, 1.807) is 5.38 Å². The summed E-state index contributed by atoms with van der Waals surface area (Å²) in [6.07, 6.45) is 1.38. The van der Waals surface area contributed by atoms with Crippen molar-refractivity contribution < 1.29 is 4.79 Å². The zero-order valence-corrected chi connectivity index (χ0v) is 18.3. The first-order valence-electron chi connectivity index (χ1n) is 9.27. The van der Waals surface area contributed by atoms with Crippen LogP contribution in [0, 0.1) is 32.1 Å². The predicted molar refractivity (Wildman–Crippen MR) is 119 cm³/mol. The van der Waals surface area contributed by atoms with Gasteiger partial charge < -0.3 is 0 Å². The van der Waals surface area contributed by atoms with E-state index in [-0.39, 0.29) is 17.9 Å². The van der Waals surface area contributed by atoms with Crippen molar-refractivity contribution in [3.8, 4) is 17.2 Å². The van der Waals surface area contributed by atoms with Crippen LogP contribution in [-0.2, 0) is 11.3 Å². The molecule has 4 rings (SSSR count). The third kappa shape index (κ3) is 3.58. The van der Waals surface area contributed by atoms with Gasteiger partial charge >= 0.3 is 0 Å². The third-order valence-electron chi connectivity index (χ3n) is 5.04. The Morgan fingerprint density at radius 3 is 2.67 bits per heavy atom. The molecule has 0 aliphatic heterocycles. The Morgan fingerprint density at radius 1 is 1.20 bits per heavy atom. The first-order valence-corrected chi connectivity index (χ1v) is 11.0. The molecule has 0 N–H and O–H groups in total. The lowest BCUT2D eigenvalue weighted by molar-refractivity contribution is -0.120. The summed E-state index contributed by atoms with van der Waals surface area (Å²) in [5.41, 5.74) is 4.56. The summed E-state index contributed by atoms with van der Waals surface area (Å²) >= 11 is 2.68. The number of carbonyl (C=O) groups excluding carboxylic acids is 1. The van der Waals surface area contributed by atoms with Crippen LogP contribution in [0.2, 0.25) is 0 Å². The van der Waals surface area contributed by atoms with Crippen molar-refractivity contribution in [2.75, 3.05) is 0 Å². The summed E-state index contributed by atoms with van der Waals surface area (Å²) in [6.45, 7) is 5.67. The second-order valence-corrected chi connectivity index (χ2v) is 8.91. The monoisotopic (exact) mass is 434 g/mol. The zero-order valence-electron chi connectivity index (χ0n) is 16.7. The molecule has 3 heterocycles. The molecule has 0 bridgehead atoms. The fourth-order valence-corrected chi connectivity index (χ4v) is 5.00. The van der Waals surface area contributed by atoms with Crippen molar-refractivity contribution in [1.82, 2.24) is 14.5 Å². The van der Waals surface area contributed by atoms with E-state index in [0.717, 1.165) is 22.4 Å². The van der Waals surface area contributed by atoms with E-state index in [4.69, 9.17) is 0 Å². The molecule has 0 amide bonds. The molecule has 8 heteroatoms. The van der Waals surface area contributed by atoms with Gasteiger partial charge in [0.15, 0.2) is 11.7 Å². The van der Waals surface area contributed by atoms with Gasteiger partial charge in [-0.1, -0.05) is 18.2 Å². The Bertz CT molecular complexity index is 1370. The van der Waals surface area contributed by atoms with Gasteiger partial charge in [0.1, 0.15) is 9.84 Å². The number of thiazole rings is 1. The van der Waals surface area contributed by atoms with Gasteiger partial charge in [0.05, 0.1) is 24.3 Å².